The predicted octanol–water partition coefficient (Wildman–Crippen LogP) is 1.27. The molecule has 0 aromatic carbocycles. The van der Waals surface area contributed by atoms with Gasteiger partial charge in [0, 0.05) is 32.0 Å². The first-order chi connectivity index (χ1) is 7.75. The summed E-state index contributed by atoms with van der Waals surface area (Å²) in [6.45, 7) is 2.69. The minimum absolute atomic E-state index is 0.595. The number of rotatable bonds is 3. The van der Waals surface area contributed by atoms with Gasteiger partial charge in [-0.25, -0.2) is 4.98 Å². The van der Waals surface area contributed by atoms with Crippen LogP contribution < -0.4 is 5.73 Å². The fourth-order valence-corrected chi connectivity index (χ4v) is 2.14. The summed E-state index contributed by atoms with van der Waals surface area (Å²) in [4.78, 5) is 6.37. The number of pyridine rings is 1. The van der Waals surface area contributed by atoms with Crippen molar-refractivity contribution in [1.29, 1.82) is 0 Å². The van der Waals surface area contributed by atoms with E-state index in [0.717, 1.165) is 32.6 Å². The number of hydrogen-bond donors (Lipinski definition) is 1. The van der Waals surface area contributed by atoms with E-state index in [2.05, 4.69) is 16.9 Å². The topological polar surface area (TPSA) is 51.4 Å². The van der Waals surface area contributed by atoms with E-state index in [1.807, 2.05) is 12.1 Å². The quantitative estimate of drug-likeness (QED) is 0.835. The largest absolute Gasteiger partial charge is 0.384 e. The van der Waals surface area contributed by atoms with Gasteiger partial charge in [-0.15, -0.1) is 0 Å². The molecule has 4 nitrogen and oxygen atoms in total. The van der Waals surface area contributed by atoms with Crippen LogP contribution >= 0.6 is 0 Å². The average Bonchev–Trinajstić information content (AvgIpc) is 2.30. The van der Waals surface area contributed by atoms with Crippen molar-refractivity contribution in [2.45, 2.75) is 25.4 Å². The first-order valence-electron chi connectivity index (χ1n) is 5.74. The number of nitrogens with zero attached hydrogens (tertiary/aromatic N) is 2. The van der Waals surface area contributed by atoms with E-state index in [9.17, 15) is 0 Å². The minimum atomic E-state index is 0.595. The first-order valence-corrected chi connectivity index (χ1v) is 5.74. The van der Waals surface area contributed by atoms with E-state index >= 15 is 0 Å². The van der Waals surface area contributed by atoms with E-state index in [4.69, 9.17) is 10.5 Å². The molecule has 2 rings (SSSR count). The Balaban J connectivity index is 1.93. The van der Waals surface area contributed by atoms with Gasteiger partial charge in [-0.2, -0.15) is 0 Å². The van der Waals surface area contributed by atoms with Gasteiger partial charge < -0.3 is 10.5 Å². The third kappa shape index (κ3) is 2.93. The molecular weight excluding hydrogens is 202 g/mol. The normalized spacial score (nSPS) is 17.9. The zero-order valence-corrected chi connectivity index (χ0v) is 9.72. The van der Waals surface area contributed by atoms with Crippen molar-refractivity contribution in [3.05, 3.63) is 23.9 Å². The van der Waals surface area contributed by atoms with Gasteiger partial charge in [0.25, 0.3) is 0 Å². The monoisotopic (exact) mass is 221 g/mol. The van der Waals surface area contributed by atoms with Crippen LogP contribution in [-0.4, -0.2) is 36.2 Å². The van der Waals surface area contributed by atoms with Gasteiger partial charge >= 0.3 is 0 Å². The van der Waals surface area contributed by atoms with Gasteiger partial charge in [-0.3, -0.25) is 4.90 Å². The van der Waals surface area contributed by atoms with E-state index in [1.165, 1.54) is 5.56 Å². The molecule has 2 N–H and O–H groups in total. The Morgan fingerprint density at radius 3 is 2.94 bits per heavy atom. The van der Waals surface area contributed by atoms with Crippen molar-refractivity contribution in [3.63, 3.8) is 0 Å². The SMILES string of the molecule is CN(Cc1ccnc(N)c1)C1CCOCC1. The Bertz CT molecular complexity index is 337. The summed E-state index contributed by atoms with van der Waals surface area (Å²) >= 11 is 0. The summed E-state index contributed by atoms with van der Waals surface area (Å²) in [6.07, 6.45) is 4.01. The Morgan fingerprint density at radius 1 is 1.50 bits per heavy atom. The van der Waals surface area contributed by atoms with Gasteiger partial charge in [-0.05, 0) is 37.6 Å². The molecule has 1 aromatic rings. The number of aromatic nitrogens is 1. The maximum absolute atomic E-state index is 5.66. The molecule has 1 aliphatic rings. The molecule has 0 spiro atoms. The van der Waals surface area contributed by atoms with Gasteiger partial charge in [-0.1, -0.05) is 0 Å². The molecule has 0 atom stereocenters. The molecule has 1 aromatic heterocycles. The molecule has 4 heteroatoms. The van der Waals surface area contributed by atoms with Crippen LogP contribution in [0.3, 0.4) is 0 Å². The van der Waals surface area contributed by atoms with Crippen LogP contribution in [0.15, 0.2) is 18.3 Å². The second-order valence-corrected chi connectivity index (χ2v) is 4.35. The molecule has 0 aliphatic carbocycles. The molecule has 16 heavy (non-hydrogen) atoms. The van der Waals surface area contributed by atoms with Crippen LogP contribution in [0.1, 0.15) is 18.4 Å². The van der Waals surface area contributed by atoms with Crippen LogP contribution in [0.2, 0.25) is 0 Å². The highest BCUT2D eigenvalue weighted by atomic mass is 16.5. The number of hydrogen-bond acceptors (Lipinski definition) is 4. The lowest BCUT2D eigenvalue weighted by Gasteiger charge is -2.31. The summed E-state index contributed by atoms with van der Waals surface area (Å²) in [5.74, 6) is 0.595. The van der Waals surface area contributed by atoms with Gasteiger partial charge in [0.05, 0.1) is 0 Å². The van der Waals surface area contributed by atoms with Crippen LogP contribution in [0.5, 0.6) is 0 Å². The lowest BCUT2D eigenvalue weighted by Crippen LogP contribution is -2.36. The fraction of sp³-hybridized carbons (Fsp3) is 0.583. The second-order valence-electron chi connectivity index (χ2n) is 4.35. The zero-order valence-electron chi connectivity index (χ0n) is 9.72. The Labute approximate surface area is 96.4 Å². The zero-order chi connectivity index (χ0) is 11.4. The van der Waals surface area contributed by atoms with Crippen LogP contribution in [0.25, 0.3) is 0 Å². The third-order valence-corrected chi connectivity index (χ3v) is 3.09. The van der Waals surface area contributed by atoms with E-state index in [0.29, 0.717) is 11.9 Å². The predicted molar refractivity (Wildman–Crippen MR) is 64.0 cm³/mol. The van der Waals surface area contributed by atoms with Crippen molar-refractivity contribution in [1.82, 2.24) is 9.88 Å². The number of anilines is 1. The molecule has 0 bridgehead atoms. The highest BCUT2D eigenvalue weighted by molar-refractivity contribution is 5.31. The van der Waals surface area contributed by atoms with Crippen molar-refractivity contribution in [2.75, 3.05) is 26.0 Å². The van der Waals surface area contributed by atoms with Gasteiger partial charge in [0.15, 0.2) is 0 Å². The molecule has 1 fully saturated rings. The summed E-state index contributed by atoms with van der Waals surface area (Å²) in [6, 6.07) is 4.59. The number of nitrogen functional groups attached to an aromatic ring is 1. The lowest BCUT2D eigenvalue weighted by atomic mass is 10.1. The Hall–Kier alpha value is -1.13. The van der Waals surface area contributed by atoms with Crippen molar-refractivity contribution in [2.24, 2.45) is 0 Å². The van der Waals surface area contributed by atoms with E-state index in [-0.39, 0.29) is 0 Å². The van der Waals surface area contributed by atoms with E-state index in [1.54, 1.807) is 6.20 Å². The summed E-state index contributed by atoms with van der Waals surface area (Å²) in [5.41, 5.74) is 6.89. The molecule has 88 valence electrons. The van der Waals surface area contributed by atoms with E-state index < -0.39 is 0 Å². The van der Waals surface area contributed by atoms with Gasteiger partial charge in [0.1, 0.15) is 5.82 Å². The Morgan fingerprint density at radius 2 is 2.25 bits per heavy atom. The van der Waals surface area contributed by atoms with Gasteiger partial charge in [0.2, 0.25) is 0 Å². The Kier molecular flexibility index (Phi) is 3.74. The summed E-state index contributed by atoms with van der Waals surface area (Å²) in [5, 5.41) is 0. The second kappa shape index (κ2) is 5.27. The third-order valence-electron chi connectivity index (χ3n) is 3.09. The molecule has 2 heterocycles. The van der Waals surface area contributed by atoms with Crippen LogP contribution in [0, 0.1) is 0 Å². The van der Waals surface area contributed by atoms with Crippen LogP contribution in [-0.2, 0) is 11.3 Å². The average molecular weight is 221 g/mol. The smallest absolute Gasteiger partial charge is 0.123 e. The number of nitrogens with two attached hydrogens (primary N) is 1. The summed E-state index contributed by atoms with van der Waals surface area (Å²) in [7, 11) is 2.16. The van der Waals surface area contributed by atoms with Crippen molar-refractivity contribution in [3.8, 4) is 0 Å². The fourth-order valence-electron chi connectivity index (χ4n) is 2.14. The number of ether oxygens (including phenoxy) is 1. The molecule has 0 amide bonds. The minimum Gasteiger partial charge on any atom is -0.384 e. The standard InChI is InChI=1S/C12H19N3O/c1-15(11-3-6-16-7-4-11)9-10-2-5-14-12(13)8-10/h2,5,8,11H,3-4,6-7,9H2,1H3,(H2,13,14). The highest BCUT2D eigenvalue weighted by Crippen LogP contribution is 2.15. The maximum Gasteiger partial charge on any atom is 0.123 e. The van der Waals surface area contributed by atoms with Crippen LogP contribution in [0.4, 0.5) is 5.82 Å². The highest BCUT2D eigenvalue weighted by Gasteiger charge is 2.18. The maximum atomic E-state index is 5.66. The first kappa shape index (κ1) is 11.4. The molecular formula is C12H19N3O. The summed E-state index contributed by atoms with van der Waals surface area (Å²) < 4.78 is 5.36. The van der Waals surface area contributed by atoms with Crippen molar-refractivity contribution < 1.29 is 4.74 Å². The lowest BCUT2D eigenvalue weighted by molar-refractivity contribution is 0.0407. The molecule has 0 radical (unpaired) electrons. The van der Waals surface area contributed by atoms with Crippen molar-refractivity contribution >= 4 is 5.82 Å². The molecule has 1 saturated heterocycles. The molecule has 0 unspecified atom stereocenters. The molecule has 0 saturated carbocycles. The molecule has 1 aliphatic heterocycles.